The number of hydrogen-bond acceptors (Lipinski definition) is 2. The molecule has 0 spiro atoms. The van der Waals surface area contributed by atoms with Gasteiger partial charge < -0.3 is 10.1 Å². The molecule has 0 unspecified atom stereocenters. The van der Waals surface area contributed by atoms with Gasteiger partial charge in [-0.25, -0.2) is 0 Å². The topological polar surface area (TPSA) is 38.3 Å². The van der Waals surface area contributed by atoms with Gasteiger partial charge in [0.05, 0.1) is 0 Å². The van der Waals surface area contributed by atoms with E-state index in [9.17, 15) is 4.79 Å². The van der Waals surface area contributed by atoms with E-state index in [-0.39, 0.29) is 5.91 Å². The minimum absolute atomic E-state index is 0.0548. The van der Waals surface area contributed by atoms with Crippen LogP contribution in [-0.4, -0.2) is 12.0 Å². The first kappa shape index (κ1) is 17.5. The minimum atomic E-state index is -0.452. The molecule has 132 valence electrons. The molecule has 0 saturated carbocycles. The van der Waals surface area contributed by atoms with Crippen molar-refractivity contribution in [2.45, 2.75) is 58.6 Å². The van der Waals surface area contributed by atoms with Crippen LogP contribution in [0.15, 0.2) is 42.5 Å². The fraction of sp³-hybridized carbons (Fsp3) is 0.409. The summed E-state index contributed by atoms with van der Waals surface area (Å²) in [5.74, 6) is 0.749. The fourth-order valence-corrected chi connectivity index (χ4v) is 3.28. The monoisotopic (exact) mass is 337 g/mol. The Balaban J connectivity index is 1.59. The van der Waals surface area contributed by atoms with Gasteiger partial charge in [-0.15, -0.1) is 0 Å². The third-order valence-corrected chi connectivity index (χ3v) is 4.85. The third-order valence-electron chi connectivity index (χ3n) is 4.85. The number of carbonyl (C=O) groups is 1. The van der Waals surface area contributed by atoms with Gasteiger partial charge in [-0.3, -0.25) is 4.79 Å². The zero-order valence-electron chi connectivity index (χ0n) is 15.2. The maximum atomic E-state index is 12.5. The highest BCUT2D eigenvalue weighted by Crippen LogP contribution is 2.26. The molecular formula is C22H27NO2. The van der Waals surface area contributed by atoms with Crippen LogP contribution in [0.4, 0.5) is 0 Å². The molecule has 1 N–H and O–H groups in total. The molecule has 0 fully saturated rings. The van der Waals surface area contributed by atoms with Crippen molar-refractivity contribution in [1.82, 2.24) is 5.32 Å². The molecule has 0 aromatic heterocycles. The molecule has 0 bridgehead atoms. The molecule has 1 aliphatic carbocycles. The van der Waals surface area contributed by atoms with Crippen molar-refractivity contribution in [2.75, 3.05) is 0 Å². The lowest BCUT2D eigenvalue weighted by Crippen LogP contribution is -2.37. The SMILES string of the molecule is CC[C@@H](Oc1ccc2c(c1)CCCC2)C(=O)NCc1ccc(C)cc1. The highest BCUT2D eigenvalue weighted by Gasteiger charge is 2.19. The summed E-state index contributed by atoms with van der Waals surface area (Å²) in [6, 6.07) is 14.5. The van der Waals surface area contributed by atoms with E-state index < -0.39 is 6.10 Å². The van der Waals surface area contributed by atoms with Crippen LogP contribution in [-0.2, 0) is 24.2 Å². The van der Waals surface area contributed by atoms with Crippen LogP contribution in [0.3, 0.4) is 0 Å². The molecule has 2 aromatic rings. The highest BCUT2D eigenvalue weighted by atomic mass is 16.5. The van der Waals surface area contributed by atoms with Gasteiger partial charge in [0.2, 0.25) is 0 Å². The molecule has 1 amide bonds. The average molecular weight is 337 g/mol. The van der Waals surface area contributed by atoms with Crippen molar-refractivity contribution in [3.63, 3.8) is 0 Å². The Kier molecular flexibility index (Phi) is 5.75. The largest absolute Gasteiger partial charge is 0.481 e. The molecule has 2 aromatic carbocycles. The van der Waals surface area contributed by atoms with Gasteiger partial charge >= 0.3 is 0 Å². The molecule has 3 heteroatoms. The zero-order valence-corrected chi connectivity index (χ0v) is 15.2. The van der Waals surface area contributed by atoms with E-state index >= 15 is 0 Å². The number of nitrogens with one attached hydrogen (secondary N) is 1. The number of amides is 1. The Hall–Kier alpha value is -2.29. The first-order chi connectivity index (χ1) is 12.2. The van der Waals surface area contributed by atoms with Crippen LogP contribution in [0.5, 0.6) is 5.75 Å². The van der Waals surface area contributed by atoms with Crippen LogP contribution < -0.4 is 10.1 Å². The molecular weight excluding hydrogens is 310 g/mol. The molecule has 25 heavy (non-hydrogen) atoms. The number of ether oxygens (including phenoxy) is 1. The second kappa shape index (κ2) is 8.19. The smallest absolute Gasteiger partial charge is 0.261 e. The number of benzene rings is 2. The van der Waals surface area contributed by atoms with Crippen molar-refractivity contribution in [3.8, 4) is 5.75 Å². The molecule has 1 aliphatic rings. The van der Waals surface area contributed by atoms with Gasteiger partial charge in [0.1, 0.15) is 5.75 Å². The Morgan fingerprint density at radius 3 is 2.52 bits per heavy atom. The lowest BCUT2D eigenvalue weighted by molar-refractivity contribution is -0.128. The summed E-state index contributed by atoms with van der Waals surface area (Å²) in [5.41, 5.74) is 5.12. The molecule has 3 nitrogen and oxygen atoms in total. The van der Waals surface area contributed by atoms with Crippen LogP contribution >= 0.6 is 0 Å². The third kappa shape index (κ3) is 4.62. The van der Waals surface area contributed by atoms with Crippen LogP contribution in [0, 0.1) is 6.92 Å². The number of fused-ring (bicyclic) bond motifs is 1. The van der Waals surface area contributed by atoms with Crippen molar-refractivity contribution in [1.29, 1.82) is 0 Å². The van der Waals surface area contributed by atoms with E-state index in [4.69, 9.17) is 4.74 Å². The van der Waals surface area contributed by atoms with E-state index in [1.165, 1.54) is 29.5 Å². The summed E-state index contributed by atoms with van der Waals surface area (Å²) < 4.78 is 5.99. The van der Waals surface area contributed by atoms with Crippen molar-refractivity contribution >= 4 is 5.91 Å². The summed E-state index contributed by atoms with van der Waals surface area (Å²) in [6.07, 6.45) is 4.98. The molecule has 0 saturated heterocycles. The number of aryl methyl sites for hydroxylation is 3. The van der Waals surface area contributed by atoms with E-state index in [0.29, 0.717) is 13.0 Å². The van der Waals surface area contributed by atoms with Gasteiger partial charge in [0.25, 0.3) is 5.91 Å². The van der Waals surface area contributed by atoms with Gasteiger partial charge in [-0.1, -0.05) is 42.8 Å². The summed E-state index contributed by atoms with van der Waals surface area (Å²) in [5, 5.41) is 2.99. The molecule has 0 heterocycles. The lowest BCUT2D eigenvalue weighted by Gasteiger charge is -2.20. The Labute approximate surface area is 150 Å². The summed E-state index contributed by atoms with van der Waals surface area (Å²) in [6.45, 7) is 4.57. The van der Waals surface area contributed by atoms with E-state index in [2.05, 4.69) is 36.5 Å². The Bertz CT molecular complexity index is 721. The minimum Gasteiger partial charge on any atom is -0.481 e. The van der Waals surface area contributed by atoms with Gasteiger partial charge in [0, 0.05) is 6.54 Å². The summed E-state index contributed by atoms with van der Waals surface area (Å²) in [4.78, 5) is 12.5. The van der Waals surface area contributed by atoms with Gasteiger partial charge in [0.15, 0.2) is 6.10 Å². The maximum Gasteiger partial charge on any atom is 0.261 e. The predicted octanol–water partition coefficient (Wildman–Crippen LogP) is 4.35. The predicted molar refractivity (Wildman–Crippen MR) is 101 cm³/mol. The molecule has 0 radical (unpaired) electrons. The van der Waals surface area contributed by atoms with Crippen molar-refractivity contribution in [3.05, 3.63) is 64.7 Å². The molecule has 1 atom stereocenters. The molecule has 3 rings (SSSR count). The Morgan fingerprint density at radius 2 is 1.80 bits per heavy atom. The second-order valence-corrected chi connectivity index (χ2v) is 6.86. The van der Waals surface area contributed by atoms with Gasteiger partial charge in [-0.05, 0) is 67.9 Å². The summed E-state index contributed by atoms with van der Waals surface area (Å²) in [7, 11) is 0. The maximum absolute atomic E-state index is 12.5. The van der Waals surface area contributed by atoms with Crippen LogP contribution in [0.2, 0.25) is 0 Å². The Morgan fingerprint density at radius 1 is 1.08 bits per heavy atom. The fourth-order valence-electron chi connectivity index (χ4n) is 3.28. The first-order valence-electron chi connectivity index (χ1n) is 9.27. The first-order valence-corrected chi connectivity index (χ1v) is 9.27. The van der Waals surface area contributed by atoms with E-state index in [0.717, 1.165) is 24.2 Å². The van der Waals surface area contributed by atoms with E-state index in [1.807, 2.05) is 25.1 Å². The van der Waals surface area contributed by atoms with Crippen molar-refractivity contribution < 1.29 is 9.53 Å². The normalized spacial score (nSPS) is 14.5. The van der Waals surface area contributed by atoms with Crippen LogP contribution in [0.25, 0.3) is 0 Å². The standard InChI is InChI=1S/C22H27NO2/c1-3-21(22(24)23-15-17-10-8-16(2)9-11-17)25-20-13-12-18-6-4-5-7-19(18)14-20/h8-14,21H,3-7,15H2,1-2H3,(H,23,24)/t21-/m1/s1. The number of rotatable bonds is 6. The van der Waals surface area contributed by atoms with Crippen LogP contribution in [0.1, 0.15) is 48.4 Å². The van der Waals surface area contributed by atoms with E-state index in [1.54, 1.807) is 0 Å². The number of hydrogen-bond donors (Lipinski definition) is 1. The average Bonchev–Trinajstić information content (AvgIpc) is 2.65. The molecule has 0 aliphatic heterocycles. The second-order valence-electron chi connectivity index (χ2n) is 6.86. The quantitative estimate of drug-likeness (QED) is 0.851. The van der Waals surface area contributed by atoms with Gasteiger partial charge in [-0.2, -0.15) is 0 Å². The highest BCUT2D eigenvalue weighted by molar-refractivity contribution is 5.81. The van der Waals surface area contributed by atoms with Crippen molar-refractivity contribution in [2.24, 2.45) is 0 Å². The zero-order chi connectivity index (χ0) is 17.6. The number of carbonyl (C=O) groups excluding carboxylic acids is 1. The lowest BCUT2D eigenvalue weighted by atomic mass is 9.92. The summed E-state index contributed by atoms with van der Waals surface area (Å²) >= 11 is 0.